The van der Waals surface area contributed by atoms with Crippen LogP contribution >= 0.6 is 0 Å². The Balaban J connectivity index is 0. The number of hydrogen-bond acceptors (Lipinski definition) is 0. The third-order valence-corrected chi connectivity index (χ3v) is 5.84. The molecule has 0 amide bonds. The molecule has 0 aliphatic heterocycles. The molecule has 26 heavy (non-hydrogen) atoms. The van der Waals surface area contributed by atoms with E-state index in [-0.39, 0.29) is 0 Å². The molecule has 0 spiro atoms. The molecule has 1 nitrogen and oxygen atoms in total. The summed E-state index contributed by atoms with van der Waals surface area (Å²) in [7, 11) is -6.00. The van der Waals surface area contributed by atoms with E-state index in [4.69, 9.17) is 5.73 Å². The normalized spacial score (nSPS) is 12.7. The number of halogens is 4. The highest BCUT2D eigenvalue weighted by molar-refractivity contribution is 6.50. The molecule has 0 heterocycles. The van der Waals surface area contributed by atoms with Gasteiger partial charge in [0.2, 0.25) is 0 Å². The topological polar surface area (TPSA) is 27.6 Å². The van der Waals surface area contributed by atoms with Crippen molar-refractivity contribution in [3.8, 4) is 0 Å². The van der Waals surface area contributed by atoms with Gasteiger partial charge in [-0.05, 0) is 32.1 Å². The van der Waals surface area contributed by atoms with Gasteiger partial charge in [0.15, 0.2) is 0 Å². The van der Waals surface area contributed by atoms with Gasteiger partial charge in [0.25, 0.3) is 0 Å². The smallest absolute Gasteiger partial charge is 0.418 e. The monoisotopic (exact) mass is 385 g/mol. The SMILES string of the molecule is CCCCC([NH3+])(CCCC)C(CC)(CCCC)CCCC.F[B-](F)(F)F. The van der Waals surface area contributed by atoms with Crippen molar-refractivity contribution in [1.82, 2.24) is 0 Å². The van der Waals surface area contributed by atoms with Crippen LogP contribution in [0.25, 0.3) is 0 Å². The molecule has 6 heteroatoms. The van der Waals surface area contributed by atoms with E-state index in [2.05, 4.69) is 34.6 Å². The maximum absolute atomic E-state index is 9.75. The molecular weight excluding hydrogens is 341 g/mol. The van der Waals surface area contributed by atoms with Gasteiger partial charge in [-0.15, -0.1) is 0 Å². The molecule has 0 aliphatic rings. The first-order valence-corrected chi connectivity index (χ1v) is 10.8. The molecule has 0 aromatic rings. The van der Waals surface area contributed by atoms with Crippen molar-refractivity contribution < 1.29 is 23.0 Å². The fourth-order valence-corrected chi connectivity index (χ4v) is 4.10. The Bertz CT molecular complexity index is 299. The summed E-state index contributed by atoms with van der Waals surface area (Å²) in [6, 6.07) is 0. The van der Waals surface area contributed by atoms with E-state index in [9.17, 15) is 17.3 Å². The maximum atomic E-state index is 9.75. The Morgan fingerprint density at radius 2 is 0.885 bits per heavy atom. The number of rotatable bonds is 14. The quantitative estimate of drug-likeness (QED) is 0.238. The average molecular weight is 385 g/mol. The van der Waals surface area contributed by atoms with Crippen LogP contribution in [-0.4, -0.2) is 12.8 Å². The van der Waals surface area contributed by atoms with E-state index < -0.39 is 7.25 Å². The summed E-state index contributed by atoms with van der Waals surface area (Å²) in [6.45, 7) is 11.8. The lowest BCUT2D eigenvalue weighted by Gasteiger charge is -2.46. The molecular formula is C20H44BF4N. The van der Waals surface area contributed by atoms with Crippen molar-refractivity contribution in [2.24, 2.45) is 5.41 Å². The number of hydrogen-bond donors (Lipinski definition) is 1. The number of quaternary nitrogens is 1. The highest BCUT2D eigenvalue weighted by atomic mass is 19.5. The molecule has 0 rings (SSSR count). The first-order valence-electron chi connectivity index (χ1n) is 10.8. The third-order valence-electron chi connectivity index (χ3n) is 5.84. The van der Waals surface area contributed by atoms with Gasteiger partial charge in [0.05, 0.1) is 0 Å². The van der Waals surface area contributed by atoms with Crippen molar-refractivity contribution in [3.05, 3.63) is 0 Å². The highest BCUT2D eigenvalue weighted by Gasteiger charge is 2.48. The Labute approximate surface area is 160 Å². The molecule has 0 unspecified atom stereocenters. The van der Waals surface area contributed by atoms with E-state index in [0.717, 1.165) is 0 Å². The Hall–Kier alpha value is -0.255. The predicted octanol–water partition coefficient (Wildman–Crippen LogP) is 7.42. The second-order valence-electron chi connectivity index (χ2n) is 7.82. The van der Waals surface area contributed by atoms with Gasteiger partial charge < -0.3 is 23.0 Å². The van der Waals surface area contributed by atoms with E-state index >= 15 is 0 Å². The summed E-state index contributed by atoms with van der Waals surface area (Å²) in [5.41, 5.74) is 5.70. The lowest BCUT2D eigenvalue weighted by Crippen LogP contribution is -2.79. The van der Waals surface area contributed by atoms with Gasteiger partial charge in [-0.25, -0.2) is 0 Å². The molecule has 3 N–H and O–H groups in total. The summed E-state index contributed by atoms with van der Waals surface area (Å²) < 4.78 is 39.0. The first kappa shape index (κ1) is 28.0. The summed E-state index contributed by atoms with van der Waals surface area (Å²) in [5.74, 6) is 0. The highest BCUT2D eigenvalue weighted by Crippen LogP contribution is 2.46. The van der Waals surface area contributed by atoms with Crippen LogP contribution < -0.4 is 5.73 Å². The van der Waals surface area contributed by atoms with E-state index in [1.807, 2.05) is 0 Å². The largest absolute Gasteiger partial charge is 0.673 e. The second kappa shape index (κ2) is 14.8. The third kappa shape index (κ3) is 12.2. The van der Waals surface area contributed by atoms with Gasteiger partial charge >= 0.3 is 7.25 Å². The van der Waals surface area contributed by atoms with Crippen LogP contribution in [0.4, 0.5) is 17.3 Å². The van der Waals surface area contributed by atoms with E-state index in [1.165, 1.54) is 83.5 Å². The van der Waals surface area contributed by atoms with Crippen LogP contribution in [0.1, 0.15) is 118 Å². The van der Waals surface area contributed by atoms with Gasteiger partial charge in [-0.3, -0.25) is 0 Å². The van der Waals surface area contributed by atoms with Gasteiger partial charge in [0, 0.05) is 18.3 Å². The molecule has 0 aromatic carbocycles. The van der Waals surface area contributed by atoms with Crippen LogP contribution in [0.15, 0.2) is 0 Å². The molecule has 0 saturated carbocycles. The summed E-state index contributed by atoms with van der Waals surface area (Å²) in [6.07, 6.45) is 17.5. The van der Waals surface area contributed by atoms with Crippen molar-refractivity contribution >= 4 is 7.25 Å². The van der Waals surface area contributed by atoms with Crippen LogP contribution in [0.3, 0.4) is 0 Å². The molecule has 0 saturated heterocycles. The maximum Gasteiger partial charge on any atom is 0.673 e. The standard InChI is InChI=1S/C20H43N.BF4/c1-6-11-15-19(10-5,16-12-7-2)20(21,17-13-8-3)18-14-9-4;2-1(3,4)5/h6-18,21H2,1-5H3;/q;-1/p+1. The van der Waals surface area contributed by atoms with Crippen LogP contribution in [0.5, 0.6) is 0 Å². The Kier molecular flexibility index (Phi) is 15.9. The lowest BCUT2D eigenvalue weighted by atomic mass is 9.59. The minimum atomic E-state index is -6.00. The van der Waals surface area contributed by atoms with E-state index in [0.29, 0.717) is 11.0 Å². The van der Waals surface area contributed by atoms with Gasteiger partial charge in [-0.1, -0.05) is 73.1 Å². The fourth-order valence-electron chi connectivity index (χ4n) is 4.10. The molecule has 160 valence electrons. The van der Waals surface area contributed by atoms with Gasteiger partial charge in [0.1, 0.15) is 5.54 Å². The van der Waals surface area contributed by atoms with Crippen molar-refractivity contribution in [3.63, 3.8) is 0 Å². The molecule has 0 radical (unpaired) electrons. The second-order valence-corrected chi connectivity index (χ2v) is 7.82. The molecule has 0 atom stereocenters. The van der Waals surface area contributed by atoms with Crippen molar-refractivity contribution in [2.75, 3.05) is 0 Å². The summed E-state index contributed by atoms with van der Waals surface area (Å²) in [5, 5.41) is 0. The zero-order valence-corrected chi connectivity index (χ0v) is 18.0. The van der Waals surface area contributed by atoms with Crippen LogP contribution in [0.2, 0.25) is 0 Å². The molecule has 0 aromatic heterocycles. The Morgan fingerprint density at radius 3 is 1.12 bits per heavy atom. The van der Waals surface area contributed by atoms with Crippen LogP contribution in [0, 0.1) is 5.41 Å². The minimum Gasteiger partial charge on any atom is -0.418 e. The fraction of sp³-hybridized carbons (Fsp3) is 1.00. The zero-order valence-electron chi connectivity index (χ0n) is 18.0. The zero-order chi connectivity index (χ0) is 20.7. The molecule has 0 fully saturated rings. The molecule has 0 aliphatic carbocycles. The average Bonchev–Trinajstić information content (AvgIpc) is 2.57. The molecule has 0 bridgehead atoms. The summed E-state index contributed by atoms with van der Waals surface area (Å²) >= 11 is 0. The van der Waals surface area contributed by atoms with Crippen molar-refractivity contribution in [2.45, 2.75) is 124 Å². The van der Waals surface area contributed by atoms with Gasteiger partial charge in [-0.2, -0.15) is 0 Å². The minimum absolute atomic E-state index is 0.318. The first-order chi connectivity index (χ1) is 12.1. The number of unbranched alkanes of at least 4 members (excludes halogenated alkanes) is 4. The predicted molar refractivity (Wildman–Crippen MR) is 107 cm³/mol. The van der Waals surface area contributed by atoms with Crippen LogP contribution in [-0.2, 0) is 0 Å². The lowest BCUT2D eigenvalue weighted by molar-refractivity contribution is -0.515. The Morgan fingerprint density at radius 1 is 0.615 bits per heavy atom. The van der Waals surface area contributed by atoms with Crippen molar-refractivity contribution in [1.29, 1.82) is 0 Å². The van der Waals surface area contributed by atoms with E-state index in [1.54, 1.807) is 0 Å². The summed E-state index contributed by atoms with van der Waals surface area (Å²) in [4.78, 5) is 0.